The molecule has 1 saturated heterocycles. The van der Waals surface area contributed by atoms with Crippen LogP contribution in [-0.2, 0) is 16.1 Å². The third-order valence-electron chi connectivity index (χ3n) is 6.68. The number of carbonyl (C=O) groups is 2. The summed E-state index contributed by atoms with van der Waals surface area (Å²) in [7, 11) is 5.93. The summed E-state index contributed by atoms with van der Waals surface area (Å²) in [5, 5.41) is 11.4. The molecule has 0 aromatic heterocycles. The van der Waals surface area contributed by atoms with Crippen molar-refractivity contribution in [1.29, 1.82) is 0 Å². The predicted molar refractivity (Wildman–Crippen MR) is 140 cm³/mol. The third kappa shape index (κ3) is 4.54. The van der Waals surface area contributed by atoms with Gasteiger partial charge in [-0.3, -0.25) is 9.59 Å². The fourth-order valence-corrected chi connectivity index (χ4v) is 4.81. The fourth-order valence-electron chi connectivity index (χ4n) is 4.81. The molecule has 2 aliphatic rings. The fraction of sp³-hybridized carbons (Fsp3) is 0.241. The second kappa shape index (κ2) is 10.5. The van der Waals surface area contributed by atoms with E-state index < -0.39 is 17.7 Å². The molecular formula is C29H27NO9. The summed E-state index contributed by atoms with van der Waals surface area (Å²) in [5.74, 6) is 0.723. The van der Waals surface area contributed by atoms with Crippen LogP contribution in [0.15, 0.2) is 60.2 Å². The minimum Gasteiger partial charge on any atom is -0.507 e. The summed E-state index contributed by atoms with van der Waals surface area (Å²) in [4.78, 5) is 28.4. The van der Waals surface area contributed by atoms with Crippen LogP contribution < -0.4 is 28.4 Å². The van der Waals surface area contributed by atoms with Gasteiger partial charge in [-0.25, -0.2) is 0 Å². The van der Waals surface area contributed by atoms with Crippen molar-refractivity contribution in [2.24, 2.45) is 0 Å². The largest absolute Gasteiger partial charge is 0.507 e. The molecule has 10 heteroatoms. The minimum absolute atomic E-state index is 0.0530. The number of ketones is 1. The number of likely N-dealkylation sites (tertiary alicyclic amines) is 1. The molecule has 1 N–H and O–H groups in total. The highest BCUT2D eigenvalue weighted by atomic mass is 16.7. The van der Waals surface area contributed by atoms with Gasteiger partial charge in [-0.2, -0.15) is 0 Å². The van der Waals surface area contributed by atoms with Crippen molar-refractivity contribution in [3.8, 4) is 34.5 Å². The molecule has 1 fully saturated rings. The minimum atomic E-state index is -0.977. The number of hydrogen-bond acceptors (Lipinski definition) is 9. The number of carbonyl (C=O) groups excluding carboxylic acids is 2. The van der Waals surface area contributed by atoms with E-state index in [0.717, 1.165) is 0 Å². The zero-order chi connectivity index (χ0) is 27.7. The Labute approximate surface area is 224 Å². The van der Waals surface area contributed by atoms with E-state index in [4.69, 9.17) is 28.4 Å². The Morgan fingerprint density at radius 1 is 0.897 bits per heavy atom. The van der Waals surface area contributed by atoms with Gasteiger partial charge in [0.2, 0.25) is 12.5 Å². The topological polar surface area (TPSA) is 113 Å². The highest BCUT2D eigenvalue weighted by Gasteiger charge is 2.46. The van der Waals surface area contributed by atoms with Crippen molar-refractivity contribution in [2.45, 2.75) is 12.6 Å². The molecule has 2 heterocycles. The zero-order valence-electron chi connectivity index (χ0n) is 21.8. The molecule has 10 nitrogen and oxygen atoms in total. The molecule has 202 valence electrons. The van der Waals surface area contributed by atoms with Crippen LogP contribution in [0, 0.1) is 0 Å². The molecule has 0 aliphatic carbocycles. The van der Waals surface area contributed by atoms with Gasteiger partial charge >= 0.3 is 0 Å². The predicted octanol–water partition coefficient (Wildman–Crippen LogP) is 4.07. The Morgan fingerprint density at radius 3 is 2.28 bits per heavy atom. The molecule has 0 spiro atoms. The summed E-state index contributed by atoms with van der Waals surface area (Å²) in [6.45, 7) is 0.159. The van der Waals surface area contributed by atoms with Gasteiger partial charge in [0.15, 0.2) is 23.0 Å². The smallest absolute Gasteiger partial charge is 0.295 e. The van der Waals surface area contributed by atoms with Crippen LogP contribution in [-0.4, -0.2) is 56.9 Å². The van der Waals surface area contributed by atoms with Crippen LogP contribution in [0.4, 0.5) is 0 Å². The lowest BCUT2D eigenvalue weighted by Gasteiger charge is -2.26. The quantitative estimate of drug-likeness (QED) is 0.260. The van der Waals surface area contributed by atoms with Gasteiger partial charge in [0.05, 0.1) is 40.1 Å². The maximum absolute atomic E-state index is 13.5. The van der Waals surface area contributed by atoms with Gasteiger partial charge in [0.1, 0.15) is 11.5 Å². The van der Waals surface area contributed by atoms with Crippen molar-refractivity contribution in [1.82, 2.24) is 4.90 Å². The van der Waals surface area contributed by atoms with E-state index in [9.17, 15) is 14.7 Å². The molecule has 0 radical (unpaired) electrons. The van der Waals surface area contributed by atoms with Gasteiger partial charge in [-0.15, -0.1) is 0 Å². The third-order valence-corrected chi connectivity index (χ3v) is 6.68. The molecule has 3 aromatic rings. The van der Waals surface area contributed by atoms with E-state index in [2.05, 4.69) is 0 Å². The first kappa shape index (κ1) is 25.8. The molecule has 5 rings (SSSR count). The molecular weight excluding hydrogens is 506 g/mol. The average Bonchev–Trinajstić information content (AvgIpc) is 3.54. The van der Waals surface area contributed by atoms with Gasteiger partial charge in [0, 0.05) is 12.1 Å². The summed E-state index contributed by atoms with van der Waals surface area (Å²) >= 11 is 0. The van der Waals surface area contributed by atoms with Crippen LogP contribution in [0.3, 0.4) is 0 Å². The molecule has 1 amide bonds. The second-order valence-electron chi connectivity index (χ2n) is 8.81. The number of nitrogens with zero attached hydrogens (tertiary/aromatic N) is 1. The number of rotatable bonds is 8. The standard InChI is InChI=1S/C29H27NO9/c1-34-19-7-5-6-17(11-19)26(31)24-25(18-12-22(35-2)28(37-4)23(13-18)36-3)30(29(33)27(24)32)14-16-8-9-20-21(10-16)39-15-38-20/h5-13,25,31H,14-15H2,1-4H3. The van der Waals surface area contributed by atoms with E-state index in [1.807, 2.05) is 0 Å². The Kier molecular flexibility index (Phi) is 6.93. The normalized spacial score (nSPS) is 17.3. The summed E-state index contributed by atoms with van der Waals surface area (Å²) in [6.07, 6.45) is 0. The number of ether oxygens (including phenoxy) is 6. The second-order valence-corrected chi connectivity index (χ2v) is 8.81. The molecule has 39 heavy (non-hydrogen) atoms. The van der Waals surface area contributed by atoms with Crippen LogP contribution in [0.25, 0.3) is 5.76 Å². The van der Waals surface area contributed by atoms with Crippen molar-refractivity contribution >= 4 is 17.4 Å². The average molecular weight is 534 g/mol. The summed E-state index contributed by atoms with van der Waals surface area (Å²) < 4.78 is 32.7. The first-order valence-electron chi connectivity index (χ1n) is 12.0. The maximum atomic E-state index is 13.5. The van der Waals surface area contributed by atoms with Gasteiger partial charge in [0.25, 0.3) is 11.7 Å². The van der Waals surface area contributed by atoms with Crippen molar-refractivity contribution in [3.05, 3.63) is 76.9 Å². The van der Waals surface area contributed by atoms with Crippen LogP contribution in [0.1, 0.15) is 22.7 Å². The number of amides is 1. The molecule has 1 atom stereocenters. The number of methoxy groups -OCH3 is 4. The van der Waals surface area contributed by atoms with Crippen molar-refractivity contribution < 1.29 is 43.1 Å². The highest BCUT2D eigenvalue weighted by molar-refractivity contribution is 6.46. The summed E-state index contributed by atoms with van der Waals surface area (Å²) in [5.41, 5.74) is 1.44. The Hall–Kier alpha value is -4.86. The number of aliphatic hydroxyl groups is 1. The van der Waals surface area contributed by atoms with Crippen molar-refractivity contribution in [3.63, 3.8) is 0 Å². The molecule has 1 unspecified atom stereocenters. The van der Waals surface area contributed by atoms with Crippen molar-refractivity contribution in [2.75, 3.05) is 35.2 Å². The lowest BCUT2D eigenvalue weighted by Crippen LogP contribution is -2.29. The Morgan fingerprint density at radius 2 is 1.62 bits per heavy atom. The molecule has 0 saturated carbocycles. The van der Waals surface area contributed by atoms with E-state index in [1.165, 1.54) is 33.3 Å². The zero-order valence-corrected chi connectivity index (χ0v) is 21.8. The monoisotopic (exact) mass is 533 g/mol. The molecule has 0 bridgehead atoms. The van der Waals surface area contributed by atoms with Gasteiger partial charge in [-0.05, 0) is 47.5 Å². The van der Waals surface area contributed by atoms with E-state index in [1.54, 1.807) is 54.6 Å². The molecule has 2 aliphatic heterocycles. The van der Waals surface area contributed by atoms with E-state index >= 15 is 0 Å². The molecule has 3 aromatic carbocycles. The first-order valence-corrected chi connectivity index (χ1v) is 12.0. The van der Waals surface area contributed by atoms with Crippen LogP contribution >= 0.6 is 0 Å². The number of Topliss-reactive ketones (excluding diaryl/α,β-unsaturated/α-hetero) is 1. The highest BCUT2D eigenvalue weighted by Crippen LogP contribution is 2.46. The Balaban J connectivity index is 1.69. The number of aliphatic hydroxyl groups excluding tert-OH is 1. The van der Waals surface area contributed by atoms with Crippen LogP contribution in [0.5, 0.6) is 34.5 Å². The van der Waals surface area contributed by atoms with Crippen LogP contribution in [0.2, 0.25) is 0 Å². The number of fused-ring (bicyclic) bond motifs is 1. The first-order chi connectivity index (χ1) is 18.9. The summed E-state index contributed by atoms with van der Waals surface area (Å²) in [6, 6.07) is 14.3. The van der Waals surface area contributed by atoms with E-state index in [-0.39, 0.29) is 24.7 Å². The number of benzene rings is 3. The SMILES string of the molecule is COc1cccc(C(O)=C2C(=O)C(=O)N(Cc3ccc4c(c3)OCO4)C2c2cc(OC)c(OC)c(OC)c2)c1. The Bertz CT molecular complexity index is 1450. The van der Waals surface area contributed by atoms with E-state index in [0.29, 0.717) is 51.2 Å². The maximum Gasteiger partial charge on any atom is 0.295 e. The lowest BCUT2D eigenvalue weighted by molar-refractivity contribution is -0.140. The van der Waals surface area contributed by atoms with Gasteiger partial charge < -0.3 is 38.4 Å². The number of hydrogen-bond donors (Lipinski definition) is 1. The lowest BCUT2D eigenvalue weighted by atomic mass is 9.94. The van der Waals surface area contributed by atoms with Gasteiger partial charge in [-0.1, -0.05) is 18.2 Å².